The molecule has 1 aromatic carbocycles. The van der Waals surface area contributed by atoms with E-state index in [0.29, 0.717) is 29.3 Å². The Morgan fingerprint density at radius 2 is 2.14 bits per heavy atom. The molecule has 0 saturated heterocycles. The Hall–Kier alpha value is -1.59. The number of benzene rings is 1. The Morgan fingerprint density at radius 3 is 2.76 bits per heavy atom. The first-order chi connectivity index (χ1) is 9.95. The van der Waals surface area contributed by atoms with Crippen LogP contribution in [0.25, 0.3) is 0 Å². The van der Waals surface area contributed by atoms with E-state index in [4.69, 9.17) is 16.3 Å². The van der Waals surface area contributed by atoms with Gasteiger partial charge in [0.15, 0.2) is 0 Å². The van der Waals surface area contributed by atoms with Crippen LogP contribution in [0.15, 0.2) is 24.4 Å². The van der Waals surface area contributed by atoms with Crippen molar-refractivity contribution in [3.63, 3.8) is 0 Å². The van der Waals surface area contributed by atoms with Crippen LogP contribution < -0.4 is 10.1 Å². The molecule has 0 radical (unpaired) electrons. The second-order valence-electron chi connectivity index (χ2n) is 5.18. The van der Waals surface area contributed by atoms with E-state index in [1.165, 1.54) is 12.1 Å². The summed E-state index contributed by atoms with van der Waals surface area (Å²) in [6.07, 6.45) is 1.56. The van der Waals surface area contributed by atoms with Crippen molar-refractivity contribution in [1.29, 1.82) is 0 Å². The Labute approximate surface area is 128 Å². The van der Waals surface area contributed by atoms with Crippen molar-refractivity contribution in [2.75, 3.05) is 0 Å². The van der Waals surface area contributed by atoms with E-state index in [9.17, 15) is 4.39 Å². The van der Waals surface area contributed by atoms with Gasteiger partial charge in [-0.3, -0.25) is 0 Å². The minimum absolute atomic E-state index is 0.240. The average Bonchev–Trinajstić information content (AvgIpc) is 2.74. The third-order valence-electron chi connectivity index (χ3n) is 3.04. The molecule has 0 fully saturated rings. The molecule has 1 N–H and O–H groups in total. The lowest BCUT2D eigenvalue weighted by Gasteiger charge is -2.11. The van der Waals surface area contributed by atoms with E-state index in [0.717, 1.165) is 5.56 Å². The highest BCUT2D eigenvalue weighted by molar-refractivity contribution is 6.29. The van der Waals surface area contributed by atoms with E-state index in [1.807, 2.05) is 19.9 Å². The van der Waals surface area contributed by atoms with Gasteiger partial charge >= 0.3 is 0 Å². The molecule has 0 spiro atoms. The van der Waals surface area contributed by atoms with Crippen LogP contribution in [0.5, 0.6) is 5.75 Å². The van der Waals surface area contributed by atoms with Gasteiger partial charge < -0.3 is 14.6 Å². The number of nitrogens with zero attached hydrogens (tertiary/aromatic N) is 2. The summed E-state index contributed by atoms with van der Waals surface area (Å²) in [6.45, 7) is 4.92. The van der Waals surface area contributed by atoms with Gasteiger partial charge in [-0.15, -0.1) is 0 Å². The Kier molecular flexibility index (Phi) is 5.20. The van der Waals surface area contributed by atoms with Gasteiger partial charge in [0.05, 0.1) is 6.20 Å². The zero-order chi connectivity index (χ0) is 15.4. The molecular formula is C15H19ClFN3O. The fourth-order valence-corrected chi connectivity index (χ4v) is 1.98. The van der Waals surface area contributed by atoms with Crippen molar-refractivity contribution in [1.82, 2.24) is 14.9 Å². The first-order valence-electron chi connectivity index (χ1n) is 6.77. The highest BCUT2D eigenvalue weighted by Crippen LogP contribution is 2.18. The fraction of sp³-hybridized carbons (Fsp3) is 0.400. The van der Waals surface area contributed by atoms with Crippen LogP contribution in [-0.4, -0.2) is 15.6 Å². The minimum Gasteiger partial charge on any atom is -0.486 e. The highest BCUT2D eigenvalue weighted by Gasteiger charge is 2.07. The SMILES string of the molecule is CC(C)NCc1cc(F)cc(OCc2ncc(Cl)n2C)c1. The van der Waals surface area contributed by atoms with Crippen LogP contribution in [0.2, 0.25) is 5.15 Å². The summed E-state index contributed by atoms with van der Waals surface area (Å²) < 4.78 is 20.9. The molecule has 0 saturated carbocycles. The summed E-state index contributed by atoms with van der Waals surface area (Å²) in [5, 5.41) is 3.78. The highest BCUT2D eigenvalue weighted by atomic mass is 35.5. The van der Waals surface area contributed by atoms with Crippen LogP contribution in [-0.2, 0) is 20.2 Å². The number of halogens is 2. The second kappa shape index (κ2) is 6.91. The third kappa shape index (κ3) is 4.44. The van der Waals surface area contributed by atoms with Crippen molar-refractivity contribution < 1.29 is 9.13 Å². The normalized spacial score (nSPS) is 11.1. The molecule has 0 amide bonds. The van der Waals surface area contributed by atoms with E-state index in [-0.39, 0.29) is 12.4 Å². The summed E-state index contributed by atoms with van der Waals surface area (Å²) >= 11 is 5.91. The zero-order valence-corrected chi connectivity index (χ0v) is 13.1. The van der Waals surface area contributed by atoms with Gasteiger partial charge in [-0.25, -0.2) is 9.37 Å². The predicted molar refractivity (Wildman–Crippen MR) is 80.9 cm³/mol. The standard InChI is InChI=1S/C15H19ClFN3O/c1-10(2)18-7-11-4-12(17)6-13(5-11)21-9-15-19-8-14(16)20(15)3/h4-6,8,10,18H,7,9H2,1-3H3. The fourth-order valence-electron chi connectivity index (χ4n) is 1.83. The lowest BCUT2D eigenvalue weighted by atomic mass is 10.2. The van der Waals surface area contributed by atoms with E-state index in [1.54, 1.807) is 17.8 Å². The monoisotopic (exact) mass is 311 g/mol. The lowest BCUT2D eigenvalue weighted by molar-refractivity contribution is 0.290. The van der Waals surface area contributed by atoms with Crippen LogP contribution in [0.3, 0.4) is 0 Å². The molecule has 0 atom stereocenters. The van der Waals surface area contributed by atoms with Crippen molar-refractivity contribution in [3.05, 3.63) is 46.8 Å². The molecule has 4 nitrogen and oxygen atoms in total. The largest absolute Gasteiger partial charge is 0.486 e. The predicted octanol–water partition coefficient (Wildman–Crippen LogP) is 3.29. The van der Waals surface area contributed by atoms with E-state index >= 15 is 0 Å². The number of aromatic nitrogens is 2. The number of hydrogen-bond acceptors (Lipinski definition) is 3. The topological polar surface area (TPSA) is 39.1 Å². The van der Waals surface area contributed by atoms with Gasteiger partial charge in [0.1, 0.15) is 29.2 Å². The molecule has 6 heteroatoms. The second-order valence-corrected chi connectivity index (χ2v) is 5.56. The summed E-state index contributed by atoms with van der Waals surface area (Å²) in [4.78, 5) is 4.13. The Balaban J connectivity index is 2.04. The Morgan fingerprint density at radius 1 is 1.38 bits per heavy atom. The third-order valence-corrected chi connectivity index (χ3v) is 3.39. The summed E-state index contributed by atoms with van der Waals surface area (Å²) in [6, 6.07) is 5.03. The molecule has 0 aliphatic carbocycles. The number of imidazole rings is 1. The first-order valence-corrected chi connectivity index (χ1v) is 7.15. The van der Waals surface area contributed by atoms with E-state index < -0.39 is 0 Å². The molecule has 1 heterocycles. The first kappa shape index (κ1) is 15.8. The van der Waals surface area contributed by atoms with Gasteiger partial charge in [0.2, 0.25) is 0 Å². The maximum absolute atomic E-state index is 13.6. The summed E-state index contributed by atoms with van der Waals surface area (Å²) in [7, 11) is 1.80. The van der Waals surface area contributed by atoms with Crippen LogP contribution in [0.4, 0.5) is 4.39 Å². The van der Waals surface area contributed by atoms with Gasteiger partial charge in [-0.1, -0.05) is 25.4 Å². The van der Waals surface area contributed by atoms with Crippen LogP contribution in [0.1, 0.15) is 25.2 Å². The molecular weight excluding hydrogens is 293 g/mol. The molecule has 0 aliphatic rings. The summed E-state index contributed by atoms with van der Waals surface area (Å²) in [5.41, 5.74) is 0.844. The van der Waals surface area contributed by atoms with Gasteiger partial charge in [-0.05, 0) is 17.7 Å². The summed E-state index contributed by atoms with van der Waals surface area (Å²) in [5.74, 6) is 0.853. The molecule has 0 aliphatic heterocycles. The van der Waals surface area contributed by atoms with Crippen molar-refractivity contribution >= 4 is 11.6 Å². The number of rotatable bonds is 6. The molecule has 2 rings (SSSR count). The Bertz CT molecular complexity index is 613. The molecule has 114 valence electrons. The number of nitrogens with one attached hydrogen (secondary N) is 1. The maximum Gasteiger partial charge on any atom is 0.147 e. The smallest absolute Gasteiger partial charge is 0.147 e. The molecule has 2 aromatic rings. The average molecular weight is 312 g/mol. The number of hydrogen-bond donors (Lipinski definition) is 1. The molecule has 21 heavy (non-hydrogen) atoms. The van der Waals surface area contributed by atoms with Crippen molar-refractivity contribution in [2.45, 2.75) is 33.0 Å². The zero-order valence-electron chi connectivity index (χ0n) is 12.4. The minimum atomic E-state index is -0.314. The van der Waals surface area contributed by atoms with Gasteiger partial charge in [0, 0.05) is 25.7 Å². The van der Waals surface area contributed by atoms with Crippen molar-refractivity contribution in [3.8, 4) is 5.75 Å². The van der Waals surface area contributed by atoms with Gasteiger partial charge in [-0.2, -0.15) is 0 Å². The molecule has 0 unspecified atom stereocenters. The quantitative estimate of drug-likeness (QED) is 0.890. The molecule has 1 aromatic heterocycles. The van der Waals surface area contributed by atoms with Crippen LogP contribution in [0, 0.1) is 5.82 Å². The number of ether oxygens (including phenoxy) is 1. The van der Waals surface area contributed by atoms with Crippen molar-refractivity contribution in [2.24, 2.45) is 7.05 Å². The maximum atomic E-state index is 13.6. The van der Waals surface area contributed by atoms with Gasteiger partial charge in [0.25, 0.3) is 0 Å². The van der Waals surface area contributed by atoms with Crippen LogP contribution >= 0.6 is 11.6 Å². The van der Waals surface area contributed by atoms with E-state index in [2.05, 4.69) is 10.3 Å². The lowest BCUT2D eigenvalue weighted by Crippen LogP contribution is -2.21. The molecule has 0 bridgehead atoms.